The van der Waals surface area contributed by atoms with E-state index in [1.165, 1.54) is 0 Å². The van der Waals surface area contributed by atoms with Crippen molar-refractivity contribution in [2.45, 2.75) is 0 Å². The average Bonchev–Trinajstić information content (AvgIpc) is 2.80. The van der Waals surface area contributed by atoms with Gasteiger partial charge in [-0.2, -0.15) is 0 Å². The van der Waals surface area contributed by atoms with Crippen molar-refractivity contribution in [2.24, 2.45) is 0 Å². The summed E-state index contributed by atoms with van der Waals surface area (Å²) in [4.78, 5) is 0. The van der Waals surface area contributed by atoms with Crippen LogP contribution in [0.1, 0.15) is 5.56 Å². The van der Waals surface area contributed by atoms with E-state index >= 15 is 0 Å². The van der Waals surface area contributed by atoms with Crippen LogP contribution in [0.4, 0.5) is 0 Å². The van der Waals surface area contributed by atoms with Crippen LogP contribution in [0.2, 0.25) is 0 Å². The molecule has 0 aromatic heterocycles. The van der Waals surface area contributed by atoms with Crippen molar-refractivity contribution >= 4 is 21.5 Å². The Balaban J connectivity index is 2.16. The number of ether oxygens (including phenoxy) is 2. The van der Waals surface area contributed by atoms with Crippen molar-refractivity contribution in [3.05, 3.63) is 72.3 Å². The third kappa shape index (κ3) is 3.44. The van der Waals surface area contributed by atoms with Crippen LogP contribution in [0.25, 0.3) is 32.7 Å². The molecule has 3 nitrogen and oxygen atoms in total. The molecule has 0 aliphatic heterocycles. The summed E-state index contributed by atoms with van der Waals surface area (Å²) in [6, 6.07) is 22.4. The smallest absolute Gasteiger partial charge is 0.143 e. The number of rotatable bonds is 3. The second-order valence-corrected chi connectivity index (χ2v) is 6.63. The Hall–Kier alpha value is -3.92. The van der Waals surface area contributed by atoms with E-state index < -0.39 is 0 Å². The van der Waals surface area contributed by atoms with Gasteiger partial charge in [-0.15, -0.1) is 0 Å². The molecule has 0 aliphatic carbocycles. The zero-order chi connectivity index (χ0) is 20.9. The Morgan fingerprint density at radius 3 is 2.17 bits per heavy atom. The Morgan fingerprint density at radius 1 is 0.767 bits per heavy atom. The minimum atomic E-state index is -0.220. The highest BCUT2D eigenvalue weighted by Gasteiger charge is 2.20. The van der Waals surface area contributed by atoms with Gasteiger partial charge in [0.25, 0.3) is 0 Å². The number of hydrogen-bond acceptors (Lipinski definition) is 3. The average molecular weight is 392 g/mol. The highest BCUT2D eigenvalue weighted by Crippen LogP contribution is 2.46. The summed E-state index contributed by atoms with van der Waals surface area (Å²) in [6.07, 6.45) is 0. The summed E-state index contributed by atoms with van der Waals surface area (Å²) in [5.41, 5.74) is 2.63. The van der Waals surface area contributed by atoms with Gasteiger partial charge in [-0.1, -0.05) is 60.5 Å². The lowest BCUT2D eigenvalue weighted by Crippen LogP contribution is -1.97. The topological polar surface area (TPSA) is 38.7 Å². The van der Waals surface area contributed by atoms with Gasteiger partial charge >= 0.3 is 0 Å². The fourth-order valence-electron chi connectivity index (χ4n) is 3.74. The summed E-state index contributed by atoms with van der Waals surface area (Å²) < 4.78 is 11.7. The second-order valence-electron chi connectivity index (χ2n) is 6.63. The largest absolute Gasteiger partial charge is 0.496 e. The fraction of sp³-hybridized carbons (Fsp3) is 0.111. The second kappa shape index (κ2) is 8.62. The molecular formula is C27H20O3. The van der Waals surface area contributed by atoms with Crippen LogP contribution < -0.4 is 9.47 Å². The van der Waals surface area contributed by atoms with Gasteiger partial charge in [-0.3, -0.25) is 0 Å². The third-order valence-corrected chi connectivity index (χ3v) is 4.99. The van der Waals surface area contributed by atoms with Crippen molar-refractivity contribution < 1.29 is 14.6 Å². The van der Waals surface area contributed by atoms with Crippen molar-refractivity contribution in [1.82, 2.24) is 0 Å². The van der Waals surface area contributed by atoms with Crippen LogP contribution in [0.3, 0.4) is 0 Å². The van der Waals surface area contributed by atoms with Crippen molar-refractivity contribution in [1.29, 1.82) is 0 Å². The molecular weight excluding hydrogens is 372 g/mol. The molecule has 0 amide bonds. The first-order valence-corrected chi connectivity index (χ1v) is 9.54. The van der Waals surface area contributed by atoms with E-state index in [1.807, 2.05) is 36.4 Å². The van der Waals surface area contributed by atoms with Crippen molar-refractivity contribution in [3.63, 3.8) is 0 Å². The van der Waals surface area contributed by atoms with E-state index in [-0.39, 0.29) is 6.61 Å². The van der Waals surface area contributed by atoms with Gasteiger partial charge < -0.3 is 14.6 Å². The summed E-state index contributed by atoms with van der Waals surface area (Å²) in [7, 11) is 3.33. The van der Waals surface area contributed by atoms with E-state index in [4.69, 9.17) is 14.6 Å². The first kappa shape index (κ1) is 19.4. The SMILES string of the molecule is COc1ccc2ccccc2c1-c1c(OC)c(C#CC#CCO)cc2ccccc12. The summed E-state index contributed by atoms with van der Waals surface area (Å²) in [6.45, 7) is -0.220. The molecule has 1 N–H and O–H groups in total. The van der Waals surface area contributed by atoms with Gasteiger partial charge in [0.2, 0.25) is 0 Å². The summed E-state index contributed by atoms with van der Waals surface area (Å²) >= 11 is 0. The molecule has 4 aromatic carbocycles. The number of fused-ring (bicyclic) bond motifs is 2. The minimum Gasteiger partial charge on any atom is -0.496 e. The summed E-state index contributed by atoms with van der Waals surface area (Å²) in [5.74, 6) is 12.5. The highest BCUT2D eigenvalue weighted by atomic mass is 16.5. The predicted molar refractivity (Wildman–Crippen MR) is 122 cm³/mol. The molecule has 0 atom stereocenters. The molecule has 0 fully saturated rings. The Morgan fingerprint density at radius 2 is 1.47 bits per heavy atom. The maximum Gasteiger partial charge on any atom is 0.143 e. The molecule has 30 heavy (non-hydrogen) atoms. The predicted octanol–water partition coefficient (Wildman–Crippen LogP) is 5.02. The lowest BCUT2D eigenvalue weighted by atomic mass is 9.90. The van der Waals surface area contributed by atoms with Gasteiger partial charge in [0.15, 0.2) is 0 Å². The zero-order valence-electron chi connectivity index (χ0n) is 16.8. The lowest BCUT2D eigenvalue weighted by Gasteiger charge is -2.19. The molecule has 0 radical (unpaired) electrons. The highest BCUT2D eigenvalue weighted by molar-refractivity contribution is 6.10. The van der Waals surface area contributed by atoms with E-state index in [0.717, 1.165) is 44.0 Å². The van der Waals surface area contributed by atoms with E-state index in [1.54, 1.807) is 14.2 Å². The molecule has 4 rings (SSSR count). The monoisotopic (exact) mass is 392 g/mol. The maximum atomic E-state index is 8.88. The van der Waals surface area contributed by atoms with Crippen LogP contribution in [0.15, 0.2) is 66.7 Å². The van der Waals surface area contributed by atoms with E-state index in [0.29, 0.717) is 5.75 Å². The number of benzene rings is 4. The number of aliphatic hydroxyl groups is 1. The zero-order valence-corrected chi connectivity index (χ0v) is 16.8. The molecule has 0 unspecified atom stereocenters. The van der Waals surface area contributed by atoms with Crippen LogP contribution in [-0.4, -0.2) is 25.9 Å². The van der Waals surface area contributed by atoms with Gasteiger partial charge in [-0.05, 0) is 51.4 Å². The lowest BCUT2D eigenvalue weighted by molar-refractivity contribution is 0.350. The first-order valence-electron chi connectivity index (χ1n) is 9.54. The van der Waals surface area contributed by atoms with Gasteiger partial charge in [0.1, 0.15) is 18.1 Å². The van der Waals surface area contributed by atoms with E-state index in [9.17, 15) is 0 Å². The third-order valence-electron chi connectivity index (χ3n) is 4.99. The quantitative estimate of drug-likeness (QED) is 0.497. The van der Waals surface area contributed by atoms with Crippen molar-refractivity contribution in [2.75, 3.05) is 20.8 Å². The van der Waals surface area contributed by atoms with Gasteiger partial charge in [0.05, 0.1) is 19.8 Å². The Bertz CT molecular complexity index is 1360. The van der Waals surface area contributed by atoms with Gasteiger partial charge in [0, 0.05) is 11.1 Å². The van der Waals surface area contributed by atoms with Crippen LogP contribution in [0.5, 0.6) is 11.5 Å². The summed E-state index contributed by atoms with van der Waals surface area (Å²) in [5, 5.41) is 13.2. The molecule has 4 aromatic rings. The van der Waals surface area contributed by atoms with Crippen LogP contribution in [0, 0.1) is 23.7 Å². The molecule has 146 valence electrons. The molecule has 0 saturated heterocycles. The number of aliphatic hydroxyl groups excluding tert-OH is 1. The fourth-order valence-corrected chi connectivity index (χ4v) is 3.74. The van der Waals surface area contributed by atoms with Crippen LogP contribution in [-0.2, 0) is 0 Å². The van der Waals surface area contributed by atoms with E-state index in [2.05, 4.69) is 54.0 Å². The Labute approximate surface area is 175 Å². The number of methoxy groups -OCH3 is 2. The Kier molecular flexibility index (Phi) is 5.57. The number of hydrogen-bond donors (Lipinski definition) is 1. The molecule has 0 aliphatic rings. The van der Waals surface area contributed by atoms with Crippen LogP contribution >= 0.6 is 0 Å². The standard InChI is InChI=1S/C27H20O3/c1-29-24-16-15-19-10-5-7-13-22(19)25(24)26-23-14-8-6-11-20(23)18-21(27(26)30-2)12-4-3-9-17-28/h5-8,10-11,13-16,18,28H,17H2,1-2H3. The maximum absolute atomic E-state index is 8.88. The molecule has 0 saturated carbocycles. The van der Waals surface area contributed by atoms with Crippen molar-refractivity contribution in [3.8, 4) is 46.3 Å². The molecule has 3 heteroatoms. The molecule has 0 heterocycles. The normalized spacial score (nSPS) is 10.1. The first-order chi connectivity index (χ1) is 14.8. The van der Waals surface area contributed by atoms with Gasteiger partial charge in [-0.25, -0.2) is 0 Å². The minimum absolute atomic E-state index is 0.220. The molecule has 0 spiro atoms. The molecule has 0 bridgehead atoms.